The first kappa shape index (κ1) is 38.3. The fraction of sp³-hybridized carbons (Fsp3) is 0. The van der Waals surface area contributed by atoms with Gasteiger partial charge >= 0.3 is 5.82 Å². The zero-order valence-electron chi connectivity index (χ0n) is 33.5. The van der Waals surface area contributed by atoms with Gasteiger partial charge in [-0.2, -0.15) is 5.26 Å². The van der Waals surface area contributed by atoms with Crippen LogP contribution in [0, 0.1) is 31.0 Å². The van der Waals surface area contributed by atoms with Crippen molar-refractivity contribution >= 4 is 84.7 Å². The van der Waals surface area contributed by atoms with Gasteiger partial charge in [0.25, 0.3) is 17.2 Å². The molecule has 12 nitrogen and oxygen atoms in total. The molecule has 0 unspecified atom stereocenters. The van der Waals surface area contributed by atoms with E-state index in [4.69, 9.17) is 29.7 Å². The molecule has 10 aromatic rings. The highest BCUT2D eigenvalue weighted by Crippen LogP contribution is 2.42. The van der Waals surface area contributed by atoms with Crippen molar-refractivity contribution in [3.63, 3.8) is 0 Å². The minimum atomic E-state index is -0.238. The topological polar surface area (TPSA) is 121 Å². The van der Waals surface area contributed by atoms with Gasteiger partial charge in [0.05, 0.1) is 11.4 Å². The molecule has 0 aliphatic heterocycles. The van der Waals surface area contributed by atoms with Crippen LogP contribution in [0.15, 0.2) is 170 Å². The average molecular weight is 821 g/mol. The van der Waals surface area contributed by atoms with Crippen LogP contribution in [0.25, 0.3) is 70.2 Å². The minimum Gasteiger partial charge on any atom is -0.370 e. The second kappa shape index (κ2) is 16.3. The van der Waals surface area contributed by atoms with Gasteiger partial charge in [-0.15, -0.1) is 15.0 Å². The Labute approximate surface area is 366 Å². The van der Waals surface area contributed by atoms with Crippen LogP contribution in [0.5, 0.6) is 0 Å². The van der Waals surface area contributed by atoms with Crippen molar-refractivity contribution in [2.75, 3.05) is 9.80 Å². The highest BCUT2D eigenvalue weighted by molar-refractivity contribution is 6.19. The number of hydrogen-bond donors (Lipinski definition) is 0. The first-order chi connectivity index (χ1) is 31.6. The van der Waals surface area contributed by atoms with Crippen LogP contribution in [-0.4, -0.2) is 29.9 Å². The van der Waals surface area contributed by atoms with Gasteiger partial charge in [-0.1, -0.05) is 117 Å². The van der Waals surface area contributed by atoms with Crippen LogP contribution in [-0.2, 0) is 0 Å². The molecule has 3 aromatic heterocycles. The van der Waals surface area contributed by atoms with Crippen LogP contribution < -0.4 is 9.80 Å². The predicted molar refractivity (Wildman–Crippen MR) is 249 cm³/mol. The summed E-state index contributed by atoms with van der Waals surface area (Å²) < 4.78 is 0. The van der Waals surface area contributed by atoms with Gasteiger partial charge in [0.1, 0.15) is 22.6 Å². The van der Waals surface area contributed by atoms with Gasteiger partial charge in [0, 0.05) is 45.3 Å². The first-order valence-electron chi connectivity index (χ1n) is 19.9. The predicted octanol–water partition coefficient (Wildman–Crippen LogP) is 13.3. The third kappa shape index (κ3) is 6.74. The zero-order valence-corrected chi connectivity index (χ0v) is 33.5. The van der Waals surface area contributed by atoms with Crippen LogP contribution in [0.3, 0.4) is 0 Å². The Morgan fingerprint density at radius 3 is 0.938 bits per heavy atom. The molecule has 7 aromatic carbocycles. The van der Waals surface area contributed by atoms with Crippen molar-refractivity contribution in [3.8, 4) is 28.6 Å². The van der Waals surface area contributed by atoms with Gasteiger partial charge in [-0.3, -0.25) is 0 Å². The van der Waals surface area contributed by atoms with Crippen molar-refractivity contribution in [2.45, 2.75) is 0 Å². The quantitative estimate of drug-likeness (QED) is 0.109. The Morgan fingerprint density at radius 1 is 0.344 bits per heavy atom. The maximum atomic E-state index is 10.1. The lowest BCUT2D eigenvalue weighted by Gasteiger charge is -2.26. The molecule has 0 saturated heterocycles. The third-order valence-electron chi connectivity index (χ3n) is 10.6. The number of anilines is 6. The van der Waals surface area contributed by atoms with E-state index in [1.54, 1.807) is 0 Å². The van der Waals surface area contributed by atoms with Crippen LogP contribution in [0.4, 0.5) is 51.6 Å². The van der Waals surface area contributed by atoms with E-state index in [2.05, 4.69) is 92.8 Å². The van der Waals surface area contributed by atoms with E-state index in [1.165, 1.54) is 0 Å². The summed E-state index contributed by atoms with van der Waals surface area (Å²) in [4.78, 5) is 43.6. The van der Waals surface area contributed by atoms with Crippen molar-refractivity contribution in [1.82, 2.24) is 29.9 Å². The third-order valence-corrected chi connectivity index (χ3v) is 10.6. The highest BCUT2D eigenvalue weighted by atomic mass is 15.1. The Bertz CT molecular complexity index is 3260. The lowest BCUT2D eigenvalue weighted by molar-refractivity contribution is 1.23. The SMILES string of the molecule is [C-]#[N+]c1nc2c(nc1C#N)c1nc(-c3ccc(N(c4ccccc4)c4ccccc4)cc3)c(-c3ccc(N(c4ccccc4)c4ccccc4)cc3)nc1c1nc([N+]#[C-])c([N+]#[C-])nc21. The first-order valence-corrected chi connectivity index (χ1v) is 19.9. The summed E-state index contributed by atoms with van der Waals surface area (Å²) in [5.41, 5.74) is 9.00. The van der Waals surface area contributed by atoms with E-state index in [0.29, 0.717) is 11.4 Å². The highest BCUT2D eigenvalue weighted by Gasteiger charge is 2.29. The molecule has 3 heterocycles. The number of aromatic nitrogens is 6. The summed E-state index contributed by atoms with van der Waals surface area (Å²) in [6, 6.07) is 58.5. The van der Waals surface area contributed by atoms with Gasteiger partial charge in [-0.05, 0) is 72.8 Å². The van der Waals surface area contributed by atoms with Crippen molar-refractivity contribution in [3.05, 3.63) is 210 Å². The van der Waals surface area contributed by atoms with Crippen molar-refractivity contribution < 1.29 is 0 Å². The van der Waals surface area contributed by atoms with E-state index in [9.17, 15) is 5.26 Å². The monoisotopic (exact) mass is 820 g/mol. The van der Waals surface area contributed by atoms with Crippen LogP contribution in [0.1, 0.15) is 5.69 Å². The lowest BCUT2D eigenvalue weighted by Crippen LogP contribution is -2.09. The van der Waals surface area contributed by atoms with E-state index in [-0.39, 0.29) is 56.2 Å². The molecule has 0 fully saturated rings. The summed E-state index contributed by atoms with van der Waals surface area (Å²) in [5.74, 6) is -0.690. The van der Waals surface area contributed by atoms with E-state index in [0.717, 1.165) is 45.3 Å². The smallest absolute Gasteiger partial charge is 0.307 e. The molecule has 296 valence electrons. The normalized spacial score (nSPS) is 10.8. The Morgan fingerprint density at radius 2 is 0.625 bits per heavy atom. The molecule has 0 aliphatic rings. The summed E-state index contributed by atoms with van der Waals surface area (Å²) in [6.45, 7) is 23.4. The van der Waals surface area contributed by atoms with Crippen molar-refractivity contribution in [2.24, 2.45) is 0 Å². The molecule has 0 N–H and O–H groups in total. The molecular weight excluding hydrogens is 793 g/mol. The number of hydrogen-bond acceptors (Lipinski definition) is 9. The number of rotatable bonds is 8. The summed E-state index contributed by atoms with van der Waals surface area (Å²) >= 11 is 0. The van der Waals surface area contributed by atoms with Crippen LogP contribution in [0.2, 0.25) is 0 Å². The van der Waals surface area contributed by atoms with Crippen molar-refractivity contribution in [1.29, 1.82) is 5.26 Å². The van der Waals surface area contributed by atoms with Gasteiger partial charge < -0.3 is 24.3 Å². The number of fused-ring (bicyclic) bond motifs is 6. The maximum absolute atomic E-state index is 10.1. The Hall–Kier alpha value is -9.88. The second-order valence-corrected chi connectivity index (χ2v) is 14.3. The molecule has 0 radical (unpaired) electrons. The largest absolute Gasteiger partial charge is 0.370 e. The number of benzene rings is 7. The molecule has 0 aliphatic carbocycles. The number of para-hydroxylation sites is 4. The molecule has 0 saturated carbocycles. The average Bonchev–Trinajstić information content (AvgIpc) is 3.37. The standard InChI is InChI=1S/C52H28N12/c1-54-50-41(32-53)57-44-45-46(48-49(47(44)60-50)62-52(56-3)51(55-2)61-48)59-43(34-26-30-40(31-27-34)64(37-20-12-6-13-21-37)38-22-14-7-15-23-38)42(58-45)33-24-28-39(29-25-33)63(35-16-8-4-9-17-35)36-18-10-5-11-19-36/h4-31H. The molecule has 0 amide bonds. The molecule has 12 heteroatoms. The van der Waals surface area contributed by atoms with Gasteiger partial charge in [0.15, 0.2) is 5.69 Å². The number of nitriles is 1. The zero-order chi connectivity index (χ0) is 43.6. The molecule has 0 spiro atoms. The fourth-order valence-electron chi connectivity index (χ4n) is 7.72. The molecule has 10 rings (SSSR count). The van der Waals surface area contributed by atoms with Gasteiger partial charge in [0.2, 0.25) is 11.0 Å². The van der Waals surface area contributed by atoms with Crippen LogP contribution >= 0.6 is 0 Å². The number of nitrogens with zero attached hydrogens (tertiary/aromatic N) is 12. The van der Waals surface area contributed by atoms with Gasteiger partial charge in [-0.25, -0.2) is 15.0 Å². The lowest BCUT2D eigenvalue weighted by atomic mass is 10.0. The Kier molecular flexibility index (Phi) is 9.76. The minimum absolute atomic E-state index is 0.109. The summed E-state index contributed by atoms with van der Waals surface area (Å²) in [6.07, 6.45) is 0. The van der Waals surface area contributed by atoms with E-state index < -0.39 is 0 Å². The molecule has 0 atom stereocenters. The fourth-order valence-corrected chi connectivity index (χ4v) is 7.72. The maximum Gasteiger partial charge on any atom is 0.307 e. The van der Waals surface area contributed by atoms with E-state index >= 15 is 0 Å². The molecule has 0 bridgehead atoms. The molecular formula is C52H28N12. The second-order valence-electron chi connectivity index (χ2n) is 14.3. The van der Waals surface area contributed by atoms with E-state index in [1.807, 2.05) is 127 Å². The molecule has 64 heavy (non-hydrogen) atoms. The Balaban J connectivity index is 1.23. The summed E-state index contributed by atoms with van der Waals surface area (Å²) in [7, 11) is 0. The summed E-state index contributed by atoms with van der Waals surface area (Å²) in [5, 5.41) is 10.1.